The van der Waals surface area contributed by atoms with Crippen LogP contribution in [0, 0.1) is 6.92 Å². The summed E-state index contributed by atoms with van der Waals surface area (Å²) in [5.74, 6) is 0. The second kappa shape index (κ2) is 7.63. The van der Waals surface area contributed by atoms with Gasteiger partial charge in [0, 0.05) is 4.47 Å². The Hall–Kier alpha value is -1.87. The van der Waals surface area contributed by atoms with E-state index in [4.69, 9.17) is 23.2 Å². The van der Waals surface area contributed by atoms with Crippen molar-refractivity contribution in [3.8, 4) is 5.69 Å². The maximum absolute atomic E-state index is 12.6. The summed E-state index contributed by atoms with van der Waals surface area (Å²) >= 11 is 14.9. The second-order valence-electron chi connectivity index (χ2n) is 5.58. The van der Waals surface area contributed by atoms with Gasteiger partial charge in [-0.15, -0.1) is 0 Å². The molecule has 3 aromatic rings. The number of halogens is 3. The Balaban J connectivity index is 1.93. The molecule has 0 aliphatic carbocycles. The van der Waals surface area contributed by atoms with Gasteiger partial charge in [0.25, 0.3) is 15.6 Å². The molecule has 0 spiro atoms. The van der Waals surface area contributed by atoms with Crippen molar-refractivity contribution in [2.24, 2.45) is 0 Å². The van der Waals surface area contributed by atoms with E-state index in [0.717, 1.165) is 14.7 Å². The van der Waals surface area contributed by atoms with Crippen LogP contribution >= 0.6 is 39.1 Å². The Morgan fingerprint density at radius 3 is 2.41 bits per heavy atom. The fourth-order valence-corrected chi connectivity index (χ4v) is 4.17. The van der Waals surface area contributed by atoms with Gasteiger partial charge >= 0.3 is 0 Å². The first kappa shape index (κ1) is 19.9. The molecule has 140 valence electrons. The zero-order valence-electron chi connectivity index (χ0n) is 13.8. The van der Waals surface area contributed by atoms with Crippen molar-refractivity contribution < 1.29 is 8.42 Å². The zero-order valence-corrected chi connectivity index (χ0v) is 17.7. The summed E-state index contributed by atoms with van der Waals surface area (Å²) in [7, 11) is -3.79. The molecule has 6 nitrogen and oxygen atoms in total. The predicted octanol–water partition coefficient (Wildman–Crippen LogP) is 4.41. The minimum atomic E-state index is -3.79. The van der Waals surface area contributed by atoms with Crippen molar-refractivity contribution in [3.05, 3.63) is 79.1 Å². The van der Waals surface area contributed by atoms with Crippen LogP contribution in [-0.2, 0) is 10.0 Å². The van der Waals surface area contributed by atoms with E-state index in [1.54, 1.807) is 19.1 Å². The number of benzene rings is 2. The molecular weight excluding hydrogens is 477 g/mol. The summed E-state index contributed by atoms with van der Waals surface area (Å²) in [6, 6.07) is 10.9. The fraction of sp³-hybridized carbons (Fsp3) is 0.0588. The maximum atomic E-state index is 12.6. The third-order valence-corrected chi connectivity index (χ3v) is 6.32. The van der Waals surface area contributed by atoms with Crippen LogP contribution in [0.3, 0.4) is 0 Å². The van der Waals surface area contributed by atoms with Gasteiger partial charge in [0.15, 0.2) is 0 Å². The predicted molar refractivity (Wildman–Crippen MR) is 110 cm³/mol. The summed E-state index contributed by atoms with van der Waals surface area (Å²) < 4.78 is 29.7. The minimum Gasteiger partial charge on any atom is -0.279 e. The summed E-state index contributed by atoms with van der Waals surface area (Å²) in [4.78, 5) is 12.2. The van der Waals surface area contributed by atoms with Gasteiger partial charge in [-0.2, -0.15) is 9.78 Å². The summed E-state index contributed by atoms with van der Waals surface area (Å²) in [5, 5.41) is 3.80. The summed E-state index contributed by atoms with van der Waals surface area (Å²) in [6.07, 6.45) is 1.24. The number of anilines is 1. The van der Waals surface area contributed by atoms with E-state index in [-0.39, 0.29) is 14.9 Å². The topological polar surface area (TPSA) is 81.1 Å². The molecule has 0 unspecified atom stereocenters. The molecule has 0 saturated heterocycles. The van der Waals surface area contributed by atoms with E-state index in [9.17, 15) is 13.2 Å². The van der Waals surface area contributed by atoms with Gasteiger partial charge in [-0.25, -0.2) is 8.42 Å². The molecule has 1 N–H and O–H groups in total. The van der Waals surface area contributed by atoms with E-state index in [1.807, 2.05) is 6.07 Å². The number of aryl methyl sites for hydroxylation is 1. The van der Waals surface area contributed by atoms with Gasteiger partial charge in [-0.1, -0.05) is 39.1 Å². The van der Waals surface area contributed by atoms with Crippen molar-refractivity contribution in [1.29, 1.82) is 0 Å². The molecule has 0 amide bonds. The number of sulfonamides is 1. The first-order valence-electron chi connectivity index (χ1n) is 7.52. The first-order chi connectivity index (χ1) is 12.7. The van der Waals surface area contributed by atoms with E-state index in [2.05, 4.69) is 25.8 Å². The Labute approximate surface area is 173 Å². The number of aromatic nitrogens is 2. The molecule has 0 aliphatic rings. The van der Waals surface area contributed by atoms with Crippen LogP contribution in [0.5, 0.6) is 0 Å². The monoisotopic (exact) mass is 487 g/mol. The molecule has 0 fully saturated rings. The maximum Gasteiger partial charge on any atom is 0.291 e. The SMILES string of the molecule is Cc1cc(Br)ccc1NS(=O)(=O)c1ccc(-n2ncc(Cl)c(Cl)c2=O)cc1. The van der Waals surface area contributed by atoms with Crippen LogP contribution in [0.2, 0.25) is 10.0 Å². The van der Waals surface area contributed by atoms with Gasteiger partial charge in [-0.05, 0) is 55.0 Å². The van der Waals surface area contributed by atoms with E-state index < -0.39 is 15.6 Å². The number of nitrogens with one attached hydrogen (secondary N) is 1. The fourth-order valence-electron chi connectivity index (χ4n) is 2.31. The van der Waals surface area contributed by atoms with Crippen LogP contribution in [0.15, 0.2) is 62.8 Å². The van der Waals surface area contributed by atoms with E-state index >= 15 is 0 Å². The lowest BCUT2D eigenvalue weighted by Gasteiger charge is -2.12. The normalized spacial score (nSPS) is 11.4. The zero-order chi connectivity index (χ0) is 19.8. The standard InChI is InChI=1S/C17H12BrCl2N3O3S/c1-10-8-11(18)2-7-15(10)22-27(25,26)13-5-3-12(4-6-13)23-17(24)16(20)14(19)9-21-23/h2-9,22H,1H3. The van der Waals surface area contributed by atoms with Gasteiger partial charge in [0.05, 0.1) is 27.5 Å². The highest BCUT2D eigenvalue weighted by Gasteiger charge is 2.16. The molecule has 27 heavy (non-hydrogen) atoms. The molecule has 0 saturated carbocycles. The largest absolute Gasteiger partial charge is 0.291 e. The summed E-state index contributed by atoms with van der Waals surface area (Å²) in [6.45, 7) is 1.80. The molecular formula is C17H12BrCl2N3O3S. The molecule has 10 heteroatoms. The highest BCUT2D eigenvalue weighted by molar-refractivity contribution is 9.10. The molecule has 0 radical (unpaired) electrons. The smallest absolute Gasteiger partial charge is 0.279 e. The van der Waals surface area contributed by atoms with E-state index in [0.29, 0.717) is 11.4 Å². The molecule has 1 aromatic heterocycles. The minimum absolute atomic E-state index is 0.0432. The number of hydrogen-bond donors (Lipinski definition) is 1. The highest BCUT2D eigenvalue weighted by Crippen LogP contribution is 2.23. The van der Waals surface area contributed by atoms with Gasteiger partial charge < -0.3 is 0 Å². The Bertz CT molecular complexity index is 1180. The first-order valence-corrected chi connectivity index (χ1v) is 10.5. The molecule has 3 rings (SSSR count). The molecule has 0 atom stereocenters. The highest BCUT2D eigenvalue weighted by atomic mass is 79.9. The van der Waals surface area contributed by atoms with Crippen LogP contribution in [0.4, 0.5) is 5.69 Å². The Morgan fingerprint density at radius 1 is 1.11 bits per heavy atom. The van der Waals surface area contributed by atoms with Crippen LogP contribution in [0.1, 0.15) is 5.56 Å². The Morgan fingerprint density at radius 2 is 1.78 bits per heavy atom. The lowest BCUT2D eigenvalue weighted by molar-refractivity contribution is 0.601. The van der Waals surface area contributed by atoms with Gasteiger partial charge in [0.2, 0.25) is 0 Å². The van der Waals surface area contributed by atoms with Crippen molar-refractivity contribution in [3.63, 3.8) is 0 Å². The molecule has 1 heterocycles. The van der Waals surface area contributed by atoms with Crippen LogP contribution in [-0.4, -0.2) is 18.2 Å². The van der Waals surface area contributed by atoms with Crippen molar-refractivity contribution >= 4 is 54.8 Å². The molecule has 0 aliphatic heterocycles. The van der Waals surface area contributed by atoms with Crippen LogP contribution < -0.4 is 10.3 Å². The third kappa shape index (κ3) is 4.19. The number of hydrogen-bond acceptors (Lipinski definition) is 4. The van der Waals surface area contributed by atoms with Crippen molar-refractivity contribution in [2.45, 2.75) is 11.8 Å². The lowest BCUT2D eigenvalue weighted by Crippen LogP contribution is -2.21. The van der Waals surface area contributed by atoms with Crippen molar-refractivity contribution in [1.82, 2.24) is 9.78 Å². The van der Waals surface area contributed by atoms with Crippen molar-refractivity contribution in [2.75, 3.05) is 4.72 Å². The molecule has 2 aromatic carbocycles. The van der Waals surface area contributed by atoms with Crippen LogP contribution in [0.25, 0.3) is 5.69 Å². The second-order valence-corrected chi connectivity index (χ2v) is 8.97. The quantitative estimate of drug-likeness (QED) is 0.589. The third-order valence-electron chi connectivity index (χ3n) is 3.70. The summed E-state index contributed by atoms with van der Waals surface area (Å²) in [5.41, 5.74) is 1.02. The number of rotatable bonds is 4. The average molecular weight is 489 g/mol. The average Bonchev–Trinajstić information content (AvgIpc) is 2.62. The van der Waals surface area contributed by atoms with Gasteiger partial charge in [0.1, 0.15) is 5.02 Å². The molecule has 0 bridgehead atoms. The number of nitrogens with zero attached hydrogens (tertiary/aromatic N) is 2. The van der Waals surface area contributed by atoms with E-state index in [1.165, 1.54) is 30.5 Å². The Kier molecular flexibility index (Phi) is 5.62. The van der Waals surface area contributed by atoms with Gasteiger partial charge in [-0.3, -0.25) is 9.52 Å². The lowest BCUT2D eigenvalue weighted by atomic mass is 10.2.